The van der Waals surface area contributed by atoms with E-state index >= 15 is 0 Å². The molecule has 1 fully saturated rings. The number of ketones is 1. The molecule has 0 N–H and O–H groups in total. The third-order valence-electron chi connectivity index (χ3n) is 9.09. The van der Waals surface area contributed by atoms with Gasteiger partial charge in [0.05, 0.1) is 0 Å². The van der Waals surface area contributed by atoms with E-state index in [-0.39, 0.29) is 11.3 Å². The van der Waals surface area contributed by atoms with E-state index in [2.05, 4.69) is 97.9 Å². The molecule has 38 heavy (non-hydrogen) atoms. The normalized spacial score (nSPS) is 21.8. The molecule has 4 aromatic carbocycles. The minimum atomic E-state index is -0.475. The summed E-state index contributed by atoms with van der Waals surface area (Å²) in [7, 11) is 0. The molecule has 2 atom stereocenters. The van der Waals surface area contributed by atoms with Crippen molar-refractivity contribution < 1.29 is 9.53 Å². The van der Waals surface area contributed by atoms with Crippen LogP contribution in [0.2, 0.25) is 0 Å². The lowest BCUT2D eigenvalue weighted by Gasteiger charge is -2.56. The van der Waals surface area contributed by atoms with E-state index in [1.54, 1.807) is 0 Å². The molecule has 0 radical (unpaired) electrons. The highest BCUT2D eigenvalue weighted by molar-refractivity contribution is 5.88. The number of benzene rings is 4. The van der Waals surface area contributed by atoms with Crippen molar-refractivity contribution >= 4 is 5.78 Å². The number of Topliss-reactive ketones (excluding diaryl/α,β-unsaturated/α-hetero) is 1. The topological polar surface area (TPSA) is 26.3 Å². The fourth-order valence-electron chi connectivity index (χ4n) is 7.28. The van der Waals surface area contributed by atoms with Crippen molar-refractivity contribution in [1.29, 1.82) is 0 Å². The van der Waals surface area contributed by atoms with Crippen molar-refractivity contribution in [3.8, 4) is 5.75 Å². The molecule has 2 aliphatic carbocycles. The standard InChI is InChI=1S/C36H36O2/c1-35-21-19-30-23-31(38-26-29-15-9-4-10-16-29)17-18-32(30)34(35)36(33(37)20-22-35,24-27-11-5-2-6-12-27)25-28-13-7-3-8-14-28/h2-18,23,34H,19-22,24-26H2,1H3/t34-,35+/m1/s1. The Morgan fingerprint density at radius 1 is 0.711 bits per heavy atom. The third-order valence-corrected chi connectivity index (χ3v) is 9.09. The van der Waals surface area contributed by atoms with Gasteiger partial charge in [-0.05, 0) is 77.5 Å². The zero-order valence-corrected chi connectivity index (χ0v) is 22.2. The van der Waals surface area contributed by atoms with E-state index < -0.39 is 5.41 Å². The van der Waals surface area contributed by atoms with Gasteiger partial charge >= 0.3 is 0 Å². The average molecular weight is 501 g/mol. The van der Waals surface area contributed by atoms with Crippen LogP contribution in [0.1, 0.15) is 59.9 Å². The van der Waals surface area contributed by atoms with Crippen molar-refractivity contribution in [3.05, 3.63) is 137 Å². The summed E-state index contributed by atoms with van der Waals surface area (Å²) in [5, 5.41) is 0. The number of carbonyl (C=O) groups excluding carboxylic acids is 1. The van der Waals surface area contributed by atoms with E-state index in [1.807, 2.05) is 18.2 Å². The second-order valence-corrected chi connectivity index (χ2v) is 11.6. The number of ether oxygens (including phenoxy) is 1. The summed E-state index contributed by atoms with van der Waals surface area (Å²) in [6, 6.07) is 38.3. The molecule has 2 nitrogen and oxygen atoms in total. The SMILES string of the molecule is C[C@]12CCC(=O)C(Cc3ccccc3)(Cc3ccccc3)[C@@H]1c1ccc(OCc3ccccc3)cc1CC2. The molecule has 0 heterocycles. The molecule has 1 saturated carbocycles. The second kappa shape index (κ2) is 10.3. The van der Waals surface area contributed by atoms with E-state index in [0.717, 1.165) is 37.9 Å². The van der Waals surface area contributed by atoms with Gasteiger partial charge in [-0.15, -0.1) is 0 Å². The van der Waals surface area contributed by atoms with Gasteiger partial charge in [-0.2, -0.15) is 0 Å². The van der Waals surface area contributed by atoms with Gasteiger partial charge < -0.3 is 4.74 Å². The number of hydrogen-bond donors (Lipinski definition) is 0. The molecule has 0 amide bonds. The van der Waals surface area contributed by atoms with E-state index in [1.165, 1.54) is 27.8 Å². The summed E-state index contributed by atoms with van der Waals surface area (Å²) >= 11 is 0. The maximum atomic E-state index is 14.2. The first kappa shape index (κ1) is 24.7. The predicted molar refractivity (Wildman–Crippen MR) is 153 cm³/mol. The molecule has 0 aromatic heterocycles. The lowest BCUT2D eigenvalue weighted by atomic mass is 9.46. The molecular weight excluding hydrogens is 464 g/mol. The van der Waals surface area contributed by atoms with Crippen molar-refractivity contribution in [3.63, 3.8) is 0 Å². The van der Waals surface area contributed by atoms with E-state index in [4.69, 9.17) is 4.74 Å². The summed E-state index contributed by atoms with van der Waals surface area (Å²) in [5.41, 5.74) is 5.98. The molecule has 4 aromatic rings. The maximum Gasteiger partial charge on any atom is 0.140 e. The zero-order chi connectivity index (χ0) is 26.0. The van der Waals surface area contributed by atoms with Crippen LogP contribution in [0.3, 0.4) is 0 Å². The van der Waals surface area contributed by atoms with Gasteiger partial charge in [0.2, 0.25) is 0 Å². The average Bonchev–Trinajstić information content (AvgIpc) is 2.95. The molecule has 6 rings (SSSR count). The Balaban J connectivity index is 1.42. The Morgan fingerprint density at radius 2 is 1.26 bits per heavy atom. The zero-order valence-electron chi connectivity index (χ0n) is 22.2. The molecule has 2 aliphatic rings. The van der Waals surface area contributed by atoms with Crippen LogP contribution in [0.15, 0.2) is 109 Å². The lowest BCUT2D eigenvalue weighted by Crippen LogP contribution is -2.53. The number of fused-ring (bicyclic) bond motifs is 3. The highest BCUT2D eigenvalue weighted by Gasteiger charge is 2.57. The summed E-state index contributed by atoms with van der Waals surface area (Å²) < 4.78 is 6.22. The number of carbonyl (C=O) groups is 1. The van der Waals surface area contributed by atoms with Crippen molar-refractivity contribution in [2.24, 2.45) is 10.8 Å². The van der Waals surface area contributed by atoms with Crippen LogP contribution >= 0.6 is 0 Å². The molecule has 0 spiro atoms. The maximum absolute atomic E-state index is 14.2. The molecule has 0 saturated heterocycles. The number of hydrogen-bond acceptors (Lipinski definition) is 2. The molecule has 2 heteroatoms. The Hall–Kier alpha value is -3.65. The van der Waals surface area contributed by atoms with Gasteiger partial charge in [-0.3, -0.25) is 4.79 Å². The third kappa shape index (κ3) is 4.69. The van der Waals surface area contributed by atoms with Crippen LogP contribution in [-0.4, -0.2) is 5.78 Å². The van der Waals surface area contributed by atoms with Crippen LogP contribution in [0, 0.1) is 10.8 Å². The first-order valence-electron chi connectivity index (χ1n) is 14.0. The fourth-order valence-corrected chi connectivity index (χ4v) is 7.28. The van der Waals surface area contributed by atoms with Crippen LogP contribution in [-0.2, 0) is 30.7 Å². The van der Waals surface area contributed by atoms with Crippen molar-refractivity contribution in [1.82, 2.24) is 0 Å². The van der Waals surface area contributed by atoms with Gasteiger partial charge in [0, 0.05) is 17.8 Å². The largest absolute Gasteiger partial charge is 0.489 e. The quantitative estimate of drug-likeness (QED) is 0.256. The number of rotatable bonds is 7. The van der Waals surface area contributed by atoms with Gasteiger partial charge in [0.25, 0.3) is 0 Å². The van der Waals surface area contributed by atoms with Crippen LogP contribution in [0.4, 0.5) is 0 Å². The first-order valence-corrected chi connectivity index (χ1v) is 14.0. The lowest BCUT2D eigenvalue weighted by molar-refractivity contribution is -0.139. The van der Waals surface area contributed by atoms with E-state index in [9.17, 15) is 4.79 Å². The first-order chi connectivity index (χ1) is 18.6. The predicted octanol–water partition coefficient (Wildman–Crippen LogP) is 8.14. The summed E-state index contributed by atoms with van der Waals surface area (Å²) in [6.45, 7) is 3.00. The minimum absolute atomic E-state index is 0.0941. The Kier molecular flexibility index (Phi) is 6.66. The van der Waals surface area contributed by atoms with Crippen molar-refractivity contribution in [2.75, 3.05) is 0 Å². The Morgan fingerprint density at radius 3 is 1.87 bits per heavy atom. The molecule has 0 unspecified atom stereocenters. The highest BCUT2D eigenvalue weighted by atomic mass is 16.5. The summed E-state index contributed by atoms with van der Waals surface area (Å²) in [5.74, 6) is 1.50. The Labute approximate surface area is 226 Å². The van der Waals surface area contributed by atoms with Crippen LogP contribution in [0.25, 0.3) is 0 Å². The van der Waals surface area contributed by atoms with Gasteiger partial charge in [0.15, 0.2) is 0 Å². The molecular formula is C36H36O2. The number of aryl methyl sites for hydroxylation is 1. The van der Waals surface area contributed by atoms with Crippen LogP contribution in [0.5, 0.6) is 5.75 Å². The van der Waals surface area contributed by atoms with Crippen LogP contribution < -0.4 is 4.74 Å². The molecule has 0 aliphatic heterocycles. The molecule has 0 bridgehead atoms. The summed E-state index contributed by atoms with van der Waals surface area (Å²) in [4.78, 5) is 14.2. The fraction of sp³-hybridized carbons (Fsp3) is 0.306. The smallest absolute Gasteiger partial charge is 0.140 e. The van der Waals surface area contributed by atoms with Gasteiger partial charge in [-0.25, -0.2) is 0 Å². The summed E-state index contributed by atoms with van der Waals surface area (Å²) in [6.07, 6.45) is 5.31. The minimum Gasteiger partial charge on any atom is -0.489 e. The monoisotopic (exact) mass is 500 g/mol. The second-order valence-electron chi connectivity index (χ2n) is 11.6. The van der Waals surface area contributed by atoms with E-state index in [0.29, 0.717) is 18.8 Å². The van der Waals surface area contributed by atoms with Gasteiger partial charge in [-0.1, -0.05) is 104 Å². The molecule has 192 valence electrons. The Bertz CT molecular complexity index is 1350. The van der Waals surface area contributed by atoms with Gasteiger partial charge in [0.1, 0.15) is 18.1 Å². The highest BCUT2D eigenvalue weighted by Crippen LogP contribution is 2.62. The van der Waals surface area contributed by atoms with Crippen molar-refractivity contribution in [2.45, 2.75) is 58.0 Å².